The van der Waals surface area contributed by atoms with Crippen molar-refractivity contribution in [2.45, 2.75) is 43.2 Å². The Morgan fingerprint density at radius 2 is 1.86 bits per heavy atom. The Morgan fingerprint density at radius 1 is 1.11 bits per heavy atom. The Hall–Kier alpha value is -2.64. The highest BCUT2D eigenvalue weighted by Gasteiger charge is 2.38. The first-order chi connectivity index (χ1) is 17.1. The number of carbonyl (C=O) groups is 2. The molecule has 1 N–H and O–H groups in total. The molecule has 0 radical (unpaired) electrons. The van der Waals surface area contributed by atoms with Gasteiger partial charge < -0.3 is 10.2 Å². The third kappa shape index (κ3) is 5.37. The summed E-state index contributed by atoms with van der Waals surface area (Å²) in [4.78, 5) is 28.2. The van der Waals surface area contributed by atoms with Crippen LogP contribution in [-0.4, -0.2) is 55.1 Å². The Kier molecular flexibility index (Phi) is 7.90. The first-order valence-electron chi connectivity index (χ1n) is 11.7. The molecule has 0 spiro atoms. The van der Waals surface area contributed by atoms with Crippen molar-refractivity contribution in [3.05, 3.63) is 63.6 Å². The Labute approximate surface area is 220 Å². The van der Waals surface area contributed by atoms with Crippen molar-refractivity contribution < 1.29 is 18.0 Å². The number of piperidine rings is 1. The zero-order chi connectivity index (χ0) is 26.0. The second-order valence-electron chi connectivity index (χ2n) is 9.09. The van der Waals surface area contributed by atoms with E-state index in [1.807, 2.05) is 6.92 Å². The van der Waals surface area contributed by atoms with Crippen LogP contribution in [0.5, 0.6) is 0 Å². The average molecular weight is 549 g/mol. The highest BCUT2D eigenvalue weighted by Crippen LogP contribution is 2.28. The highest BCUT2D eigenvalue weighted by atomic mass is 35.5. The topological polar surface area (TPSA) is 111 Å². The standard InChI is InChI=1S/C25H26Cl2N4O4S/c1-16(18-8-9-21(26)22(27)12-18)29-24(32)23-7-2-3-10-31(23)25(33)19-5-4-6-20(11-19)36(34,35)30-14-17(13-28)15-30/h4-6,8-9,11-12,16-17,23H,2-3,7,10,14-15H2,1H3,(H,29,32)/t16-,23+/m0/s1. The number of hydrogen-bond donors (Lipinski definition) is 1. The van der Waals surface area contributed by atoms with E-state index in [1.165, 1.54) is 27.4 Å². The molecule has 2 atom stereocenters. The number of amides is 2. The average Bonchev–Trinajstić information content (AvgIpc) is 2.84. The van der Waals surface area contributed by atoms with Gasteiger partial charge in [0.2, 0.25) is 15.9 Å². The Balaban J connectivity index is 1.50. The van der Waals surface area contributed by atoms with Gasteiger partial charge in [-0.2, -0.15) is 9.57 Å². The van der Waals surface area contributed by atoms with Gasteiger partial charge in [0.1, 0.15) is 6.04 Å². The van der Waals surface area contributed by atoms with E-state index in [0.29, 0.717) is 23.0 Å². The maximum Gasteiger partial charge on any atom is 0.254 e. The lowest BCUT2D eigenvalue weighted by Crippen LogP contribution is -2.52. The normalized spacial score (nSPS) is 19.7. The van der Waals surface area contributed by atoms with Crippen LogP contribution in [-0.2, 0) is 14.8 Å². The van der Waals surface area contributed by atoms with Crippen molar-refractivity contribution >= 4 is 45.0 Å². The molecule has 0 bridgehead atoms. The van der Waals surface area contributed by atoms with Crippen LogP contribution < -0.4 is 5.32 Å². The smallest absolute Gasteiger partial charge is 0.254 e. The third-order valence-electron chi connectivity index (χ3n) is 6.62. The summed E-state index contributed by atoms with van der Waals surface area (Å²) in [6, 6.07) is 12.0. The maximum absolute atomic E-state index is 13.4. The summed E-state index contributed by atoms with van der Waals surface area (Å²) in [5.74, 6) is -0.996. The predicted octanol–water partition coefficient (Wildman–Crippen LogP) is 4.01. The first-order valence-corrected chi connectivity index (χ1v) is 13.9. The molecule has 2 heterocycles. The molecule has 2 fully saturated rings. The monoisotopic (exact) mass is 548 g/mol. The maximum atomic E-state index is 13.4. The number of rotatable bonds is 6. The van der Waals surface area contributed by atoms with Gasteiger partial charge in [-0.3, -0.25) is 9.59 Å². The molecule has 11 heteroatoms. The van der Waals surface area contributed by atoms with Crippen molar-refractivity contribution in [2.75, 3.05) is 19.6 Å². The second-order valence-corrected chi connectivity index (χ2v) is 11.8. The molecule has 2 saturated heterocycles. The fraction of sp³-hybridized carbons (Fsp3) is 0.400. The van der Waals surface area contributed by atoms with E-state index in [-0.39, 0.29) is 41.4 Å². The minimum atomic E-state index is -3.80. The number of sulfonamides is 1. The second kappa shape index (κ2) is 10.8. The minimum absolute atomic E-state index is 0.00371. The van der Waals surface area contributed by atoms with Crippen LogP contribution in [0, 0.1) is 17.2 Å². The molecule has 2 aliphatic rings. The number of nitrogens with zero attached hydrogens (tertiary/aromatic N) is 3. The summed E-state index contributed by atoms with van der Waals surface area (Å²) in [6.07, 6.45) is 2.05. The van der Waals surface area contributed by atoms with Crippen molar-refractivity contribution in [3.8, 4) is 6.07 Å². The zero-order valence-corrected chi connectivity index (χ0v) is 22.0. The molecule has 36 heavy (non-hydrogen) atoms. The van der Waals surface area contributed by atoms with Crippen LogP contribution in [0.25, 0.3) is 0 Å². The Bertz CT molecular complexity index is 1320. The van der Waals surface area contributed by atoms with Crippen molar-refractivity contribution in [1.29, 1.82) is 5.26 Å². The lowest BCUT2D eigenvalue weighted by Gasteiger charge is -2.36. The highest BCUT2D eigenvalue weighted by molar-refractivity contribution is 7.89. The summed E-state index contributed by atoms with van der Waals surface area (Å²) < 4.78 is 27.0. The van der Waals surface area contributed by atoms with E-state index in [1.54, 1.807) is 24.3 Å². The molecule has 190 valence electrons. The quantitative estimate of drug-likeness (QED) is 0.586. The van der Waals surface area contributed by atoms with E-state index in [2.05, 4.69) is 11.4 Å². The van der Waals surface area contributed by atoms with Crippen LogP contribution in [0.3, 0.4) is 0 Å². The molecule has 0 aliphatic carbocycles. The number of nitrogens with one attached hydrogen (secondary N) is 1. The van der Waals surface area contributed by atoms with Crippen LogP contribution >= 0.6 is 23.2 Å². The zero-order valence-electron chi connectivity index (χ0n) is 19.7. The van der Waals surface area contributed by atoms with Crippen LogP contribution in [0.1, 0.15) is 48.1 Å². The summed E-state index contributed by atoms with van der Waals surface area (Å²) >= 11 is 12.1. The number of likely N-dealkylation sites (tertiary alicyclic amines) is 1. The summed E-state index contributed by atoms with van der Waals surface area (Å²) in [6.45, 7) is 2.50. The molecule has 8 nitrogen and oxygen atoms in total. The Morgan fingerprint density at radius 3 is 2.56 bits per heavy atom. The molecule has 0 unspecified atom stereocenters. The van der Waals surface area contributed by atoms with E-state index in [9.17, 15) is 18.0 Å². The summed E-state index contributed by atoms with van der Waals surface area (Å²) in [5.41, 5.74) is 0.986. The lowest BCUT2D eigenvalue weighted by atomic mass is 9.99. The van der Waals surface area contributed by atoms with Gasteiger partial charge in [0, 0.05) is 25.2 Å². The third-order valence-corrected chi connectivity index (χ3v) is 9.18. The first kappa shape index (κ1) is 26.4. The number of nitriles is 1. The van der Waals surface area contributed by atoms with Gasteiger partial charge >= 0.3 is 0 Å². The van der Waals surface area contributed by atoms with Gasteiger partial charge in [0.05, 0.1) is 33.0 Å². The van der Waals surface area contributed by atoms with Gasteiger partial charge in [-0.25, -0.2) is 8.42 Å². The molecule has 2 aromatic rings. The number of benzene rings is 2. The summed E-state index contributed by atoms with van der Waals surface area (Å²) in [5, 5.41) is 12.7. The molecule has 2 amide bonds. The van der Waals surface area contributed by atoms with Crippen molar-refractivity contribution in [3.63, 3.8) is 0 Å². The molecular formula is C25H26Cl2N4O4S. The molecule has 2 aromatic carbocycles. The van der Waals surface area contributed by atoms with E-state index < -0.39 is 22.0 Å². The molecule has 2 aliphatic heterocycles. The van der Waals surface area contributed by atoms with Crippen LogP contribution in [0.4, 0.5) is 0 Å². The molecular weight excluding hydrogens is 523 g/mol. The number of halogens is 2. The van der Waals surface area contributed by atoms with E-state index in [0.717, 1.165) is 18.4 Å². The molecule has 0 aromatic heterocycles. The van der Waals surface area contributed by atoms with E-state index in [4.69, 9.17) is 28.5 Å². The van der Waals surface area contributed by atoms with Crippen molar-refractivity contribution in [2.24, 2.45) is 5.92 Å². The minimum Gasteiger partial charge on any atom is -0.348 e. The lowest BCUT2D eigenvalue weighted by molar-refractivity contribution is -0.127. The fourth-order valence-electron chi connectivity index (χ4n) is 4.44. The van der Waals surface area contributed by atoms with Crippen molar-refractivity contribution in [1.82, 2.24) is 14.5 Å². The SMILES string of the molecule is C[C@H](NC(=O)[C@H]1CCCCN1C(=O)c1cccc(S(=O)(=O)N2CC(C#N)C2)c1)c1ccc(Cl)c(Cl)c1. The van der Waals surface area contributed by atoms with Crippen LogP contribution in [0.2, 0.25) is 10.0 Å². The molecule has 0 saturated carbocycles. The van der Waals surface area contributed by atoms with Gasteiger partial charge in [0.25, 0.3) is 5.91 Å². The molecule has 4 rings (SSSR count). The van der Waals surface area contributed by atoms with E-state index >= 15 is 0 Å². The number of carbonyl (C=O) groups excluding carboxylic acids is 2. The summed E-state index contributed by atoms with van der Waals surface area (Å²) in [7, 11) is -3.80. The van der Waals surface area contributed by atoms with Crippen LogP contribution in [0.15, 0.2) is 47.4 Å². The number of hydrogen-bond acceptors (Lipinski definition) is 5. The fourth-order valence-corrected chi connectivity index (χ4v) is 6.33. The van der Waals surface area contributed by atoms with Gasteiger partial charge in [-0.05, 0) is 62.1 Å². The van der Waals surface area contributed by atoms with Gasteiger partial charge in [0.15, 0.2) is 0 Å². The van der Waals surface area contributed by atoms with Gasteiger partial charge in [-0.15, -0.1) is 0 Å². The largest absolute Gasteiger partial charge is 0.348 e. The van der Waals surface area contributed by atoms with Gasteiger partial charge in [-0.1, -0.05) is 35.3 Å². The predicted molar refractivity (Wildman–Crippen MR) is 136 cm³/mol.